The quantitative estimate of drug-likeness (QED) is 0.186. The predicted octanol–water partition coefficient (Wildman–Crippen LogP) is 5.65. The summed E-state index contributed by atoms with van der Waals surface area (Å²) in [5.74, 6) is 0.615. The van der Waals surface area contributed by atoms with Crippen LogP contribution in [0.25, 0.3) is 0 Å². The monoisotopic (exact) mass is 596 g/mol. The Bertz CT molecular complexity index is 1190. The van der Waals surface area contributed by atoms with Crippen LogP contribution < -0.4 is 0 Å². The van der Waals surface area contributed by atoms with Crippen LogP contribution in [0.1, 0.15) is 100 Å². The Balaban J connectivity index is 1.76. The zero-order valence-electron chi connectivity index (χ0n) is 26.1. The molecule has 0 amide bonds. The number of carbonyl (C=O) groups excluding carboxylic acids is 1. The van der Waals surface area contributed by atoms with Crippen molar-refractivity contribution in [3.63, 3.8) is 0 Å². The Morgan fingerprint density at radius 2 is 1.71 bits per heavy atom. The average Bonchev–Trinajstić information content (AvgIpc) is 3.19. The van der Waals surface area contributed by atoms with E-state index in [9.17, 15) is 28.0 Å². The van der Waals surface area contributed by atoms with E-state index in [-0.39, 0.29) is 24.2 Å². The highest BCUT2D eigenvalue weighted by molar-refractivity contribution is 7.80. The van der Waals surface area contributed by atoms with Crippen molar-refractivity contribution in [3.8, 4) is 0 Å². The van der Waals surface area contributed by atoms with Gasteiger partial charge in [0.15, 0.2) is 0 Å². The normalized spacial score (nSPS) is 40.9. The molecule has 0 aromatic rings. The van der Waals surface area contributed by atoms with Crippen LogP contribution in [0.3, 0.4) is 0 Å². The topological polar surface area (TPSA) is 130 Å². The van der Waals surface area contributed by atoms with Gasteiger partial charge in [0.05, 0.1) is 6.10 Å². The zero-order valence-corrected chi connectivity index (χ0v) is 27.0. The summed E-state index contributed by atoms with van der Waals surface area (Å²) in [7, 11) is -4.78. The smallest absolute Gasteiger partial charge is 0.397 e. The summed E-state index contributed by atoms with van der Waals surface area (Å²) in [4.78, 5) is 12.5. The Morgan fingerprint density at radius 3 is 2.27 bits per heavy atom. The fourth-order valence-electron chi connectivity index (χ4n) is 10.0. The van der Waals surface area contributed by atoms with Gasteiger partial charge in [0.2, 0.25) is 0 Å². The molecule has 0 radical (unpaired) electrons. The molecule has 0 heterocycles. The largest absolute Gasteiger partial charge is 0.459 e. The van der Waals surface area contributed by atoms with E-state index in [2.05, 4.69) is 34.3 Å². The highest BCUT2D eigenvalue weighted by Crippen LogP contribution is 2.68. The first-order chi connectivity index (χ1) is 18.8. The molecule has 9 heteroatoms. The maximum atomic E-state index is 12.5. The molecule has 3 N–H and O–H groups in total. The summed E-state index contributed by atoms with van der Waals surface area (Å²) in [5.41, 5.74) is 1.37. The molecule has 8 nitrogen and oxygen atoms in total. The van der Waals surface area contributed by atoms with Gasteiger partial charge in [0.1, 0.15) is 18.3 Å². The highest BCUT2D eigenvalue weighted by Gasteiger charge is 2.67. The number of hydrogen-bond donors (Lipinski definition) is 3. The lowest BCUT2D eigenvalue weighted by molar-refractivity contribution is -0.183. The molecule has 4 aliphatic rings. The van der Waals surface area contributed by atoms with E-state index in [1.807, 2.05) is 20.8 Å². The van der Waals surface area contributed by atoms with Gasteiger partial charge in [-0.1, -0.05) is 66.2 Å². The summed E-state index contributed by atoms with van der Waals surface area (Å²) in [5, 5.41) is 23.5. The van der Waals surface area contributed by atoms with Crippen molar-refractivity contribution >= 4 is 16.4 Å². The molecule has 2 saturated carbocycles. The molecule has 0 aromatic carbocycles. The van der Waals surface area contributed by atoms with Crippen LogP contribution in [0.15, 0.2) is 23.3 Å². The molecule has 41 heavy (non-hydrogen) atoms. The third-order valence-corrected chi connectivity index (χ3v) is 12.4. The second-order valence-corrected chi connectivity index (χ2v) is 15.9. The lowest BCUT2D eigenvalue weighted by Gasteiger charge is -2.63. The van der Waals surface area contributed by atoms with E-state index in [1.54, 1.807) is 0 Å². The number of carbonyl (C=O) groups is 1. The number of rotatable bonds is 8. The van der Waals surface area contributed by atoms with Crippen LogP contribution in [-0.4, -0.2) is 53.6 Å². The summed E-state index contributed by atoms with van der Waals surface area (Å²) in [6, 6.07) is 0. The van der Waals surface area contributed by atoms with Crippen molar-refractivity contribution in [2.45, 2.75) is 125 Å². The minimum Gasteiger partial charge on any atom is -0.459 e. The van der Waals surface area contributed by atoms with Crippen LogP contribution in [-0.2, 0) is 24.1 Å². The number of ether oxygens (including phenoxy) is 1. The maximum absolute atomic E-state index is 12.5. The van der Waals surface area contributed by atoms with E-state index in [1.165, 1.54) is 18.1 Å². The fourth-order valence-corrected chi connectivity index (χ4v) is 10.7. The lowest BCUT2D eigenvalue weighted by Crippen LogP contribution is -2.64. The van der Waals surface area contributed by atoms with Crippen molar-refractivity contribution < 1.29 is 36.9 Å². The Labute approximate surface area is 246 Å². The highest BCUT2D eigenvalue weighted by atomic mass is 32.3. The number of aliphatic hydroxyl groups excluding tert-OH is 2. The van der Waals surface area contributed by atoms with Gasteiger partial charge in [-0.25, -0.2) is 4.18 Å². The van der Waals surface area contributed by atoms with Crippen molar-refractivity contribution in [1.82, 2.24) is 0 Å². The third-order valence-electron chi connectivity index (χ3n) is 11.9. The lowest BCUT2D eigenvalue weighted by atomic mass is 9.44. The van der Waals surface area contributed by atoms with Crippen molar-refractivity contribution in [3.05, 3.63) is 23.3 Å². The van der Waals surface area contributed by atoms with Gasteiger partial charge in [-0.2, -0.15) is 8.42 Å². The number of esters is 1. The molecule has 4 rings (SSSR count). The minimum atomic E-state index is -4.78. The van der Waals surface area contributed by atoms with Gasteiger partial charge < -0.3 is 14.9 Å². The van der Waals surface area contributed by atoms with Crippen LogP contribution in [0.5, 0.6) is 0 Å². The summed E-state index contributed by atoms with van der Waals surface area (Å²) in [6.07, 6.45) is 1.46. The van der Waals surface area contributed by atoms with Crippen LogP contribution in [0.4, 0.5) is 0 Å². The van der Waals surface area contributed by atoms with Gasteiger partial charge in [0.25, 0.3) is 0 Å². The summed E-state index contributed by atoms with van der Waals surface area (Å²) in [6.45, 7) is 20.2. The number of hydrogen-bond acceptors (Lipinski definition) is 7. The Morgan fingerprint density at radius 1 is 1.07 bits per heavy atom. The molecule has 0 bridgehead atoms. The predicted molar refractivity (Wildman–Crippen MR) is 157 cm³/mol. The van der Waals surface area contributed by atoms with Crippen LogP contribution in [0.2, 0.25) is 0 Å². The molecular weight excluding hydrogens is 544 g/mol. The van der Waals surface area contributed by atoms with Gasteiger partial charge >= 0.3 is 16.4 Å². The second-order valence-electron chi connectivity index (χ2n) is 14.9. The summed E-state index contributed by atoms with van der Waals surface area (Å²) < 4.78 is 43.9. The van der Waals surface area contributed by atoms with Crippen molar-refractivity contribution in [2.75, 3.05) is 0 Å². The summed E-state index contributed by atoms with van der Waals surface area (Å²) >= 11 is 0. The maximum Gasteiger partial charge on any atom is 0.397 e. The standard InChI is InChI=1S/C32H52O8S/c1-17(2)18(3)10-11-19(4)22-13-14-23-21-12-15-25-30(6,7)28(40-41(36,37)38)24(34)16-31(25,8)26(21)27(35)29(32(22,23)9)39-20(5)33/h17,19,22-25,27-29,34-35H,3,10-16H2,1-2,4-9H3,(H,36,37,38)/t19-,22-,23+,24-,25+,27-,28+,29+,31+,32+/m1/s1. The molecular formula is C32H52O8S. The van der Waals surface area contributed by atoms with E-state index in [0.29, 0.717) is 11.8 Å². The first kappa shape index (κ1) is 32.6. The van der Waals surface area contributed by atoms with E-state index < -0.39 is 57.0 Å². The molecule has 0 saturated heterocycles. The molecule has 0 aromatic heterocycles. The number of allylic oxidation sites excluding steroid dienone is 2. The molecule has 0 spiro atoms. The second kappa shape index (κ2) is 11.0. The number of aliphatic hydroxyl groups is 2. The van der Waals surface area contributed by atoms with Gasteiger partial charge in [-0.15, -0.1) is 0 Å². The first-order valence-corrected chi connectivity index (χ1v) is 16.7. The van der Waals surface area contributed by atoms with Gasteiger partial charge in [0, 0.05) is 12.3 Å². The Kier molecular flexibility index (Phi) is 8.78. The van der Waals surface area contributed by atoms with Crippen molar-refractivity contribution in [2.24, 2.45) is 45.8 Å². The van der Waals surface area contributed by atoms with E-state index in [0.717, 1.165) is 44.1 Å². The van der Waals surface area contributed by atoms with E-state index in [4.69, 9.17) is 8.92 Å². The SMILES string of the molecule is C=C(CC[C@@H](C)[C@H]1CC[C@H]2C3=C([C@@H](O)[C@H](OC(C)=O)[C@@]12C)[C@@]1(C)C[C@@H](O)[C@H](OS(=O)(=O)O)C(C)(C)[C@@H]1CC3)C(C)C. The molecule has 2 fully saturated rings. The minimum absolute atomic E-state index is 0.135. The molecule has 0 aliphatic heterocycles. The molecule has 234 valence electrons. The Hall–Kier alpha value is -1.26. The van der Waals surface area contributed by atoms with Gasteiger partial charge in [-0.05, 0) is 90.9 Å². The molecule has 4 aliphatic carbocycles. The van der Waals surface area contributed by atoms with Crippen LogP contribution in [0, 0.1) is 45.8 Å². The first-order valence-electron chi connectivity index (χ1n) is 15.4. The van der Waals surface area contributed by atoms with Crippen molar-refractivity contribution in [1.29, 1.82) is 0 Å². The zero-order chi connectivity index (χ0) is 30.9. The number of fused-ring (bicyclic) bond motifs is 4. The van der Waals surface area contributed by atoms with Gasteiger partial charge in [-0.3, -0.25) is 9.35 Å². The molecule has 0 unspecified atom stereocenters. The fraction of sp³-hybridized carbons (Fsp3) is 0.844. The van der Waals surface area contributed by atoms with Crippen LogP contribution >= 0.6 is 0 Å². The average molecular weight is 597 g/mol. The third kappa shape index (κ3) is 5.47. The van der Waals surface area contributed by atoms with E-state index >= 15 is 0 Å². The molecule has 10 atom stereocenters.